The van der Waals surface area contributed by atoms with Crippen LogP contribution in [-0.2, 0) is 34.1 Å². The number of rotatable bonds is 9. The lowest BCUT2D eigenvalue weighted by Crippen LogP contribution is -2.46. The molecule has 1 atom stereocenters. The van der Waals surface area contributed by atoms with E-state index in [-0.39, 0.29) is 17.3 Å². The van der Waals surface area contributed by atoms with Gasteiger partial charge in [-0.1, -0.05) is 23.7 Å². The molecule has 9 nitrogen and oxygen atoms in total. The first kappa shape index (κ1) is 33.3. The molecule has 0 saturated carbocycles. The molecule has 0 unspecified atom stereocenters. The number of piperazine rings is 1. The molecule has 5 heterocycles. The van der Waals surface area contributed by atoms with Gasteiger partial charge in [-0.25, -0.2) is 13.4 Å². The lowest BCUT2D eigenvalue weighted by Gasteiger charge is -2.35. The zero-order valence-corrected chi connectivity index (χ0v) is 27.5. The number of hydrogen-bond acceptors (Lipinski definition) is 8. The quantitative estimate of drug-likeness (QED) is 0.240. The van der Waals surface area contributed by atoms with Gasteiger partial charge in [-0.3, -0.25) is 14.7 Å². The summed E-state index contributed by atoms with van der Waals surface area (Å²) < 4.78 is 68.0. The predicted octanol–water partition coefficient (Wildman–Crippen LogP) is 5.67. The molecule has 0 aliphatic carbocycles. The second-order valence-corrected chi connectivity index (χ2v) is 15.3. The fourth-order valence-electron chi connectivity index (χ4n) is 5.84. The van der Waals surface area contributed by atoms with Gasteiger partial charge in [-0.15, -0.1) is 11.3 Å². The summed E-state index contributed by atoms with van der Waals surface area (Å²) in [5.74, 6) is 0.225. The third-order valence-electron chi connectivity index (χ3n) is 8.32. The summed E-state index contributed by atoms with van der Waals surface area (Å²) in [5.41, 5.74) is 2.08. The molecule has 0 bridgehead atoms. The smallest absolute Gasteiger partial charge is 0.354 e. The molecule has 2 aliphatic rings. The molecular formula is C32H32ClF3N6O3S2. The van der Waals surface area contributed by atoms with E-state index in [4.69, 9.17) is 16.6 Å². The third kappa shape index (κ3) is 7.78. The number of alkyl halides is 3. The molecule has 2 saturated heterocycles. The van der Waals surface area contributed by atoms with Crippen LogP contribution in [-0.4, -0.2) is 72.3 Å². The summed E-state index contributed by atoms with van der Waals surface area (Å²) in [6, 6.07) is 14.5. The highest BCUT2D eigenvalue weighted by atomic mass is 35.5. The van der Waals surface area contributed by atoms with Crippen LogP contribution in [0.5, 0.6) is 0 Å². The molecule has 1 amide bonds. The van der Waals surface area contributed by atoms with Crippen LogP contribution >= 0.6 is 22.9 Å². The SMILES string of the molecule is O=C(NCc1cc(-c2ccc(C(F)(F)F)cc2)nc(N2CCN(Cc3ccncc3)CC2)c1)[C@@H]1CCCN1S(=O)(=O)c1ccc(Cl)s1. The summed E-state index contributed by atoms with van der Waals surface area (Å²) in [4.78, 5) is 26.7. The number of aromatic nitrogens is 2. The van der Waals surface area contributed by atoms with Crippen LogP contribution in [0.3, 0.4) is 0 Å². The number of thiophene rings is 1. The summed E-state index contributed by atoms with van der Waals surface area (Å²) in [7, 11) is -3.89. The minimum Gasteiger partial charge on any atom is -0.354 e. The lowest BCUT2D eigenvalue weighted by molar-refractivity contribution is -0.137. The highest BCUT2D eigenvalue weighted by Gasteiger charge is 2.40. The average molecular weight is 705 g/mol. The molecule has 2 aliphatic heterocycles. The molecule has 47 heavy (non-hydrogen) atoms. The van der Waals surface area contributed by atoms with Crippen molar-refractivity contribution < 1.29 is 26.4 Å². The van der Waals surface area contributed by atoms with E-state index in [2.05, 4.69) is 20.1 Å². The monoisotopic (exact) mass is 704 g/mol. The van der Waals surface area contributed by atoms with Crippen molar-refractivity contribution in [3.8, 4) is 11.3 Å². The number of sulfonamides is 1. The Kier molecular flexibility index (Phi) is 9.85. The summed E-state index contributed by atoms with van der Waals surface area (Å²) in [6.07, 6.45) is 0.000890. The lowest BCUT2D eigenvalue weighted by atomic mass is 10.1. The molecule has 1 aromatic carbocycles. The van der Waals surface area contributed by atoms with Crippen LogP contribution in [0, 0.1) is 0 Å². The number of carbonyl (C=O) groups excluding carboxylic acids is 1. The molecule has 3 aromatic heterocycles. The second-order valence-electron chi connectivity index (χ2n) is 11.5. The average Bonchev–Trinajstić information content (AvgIpc) is 3.75. The fourth-order valence-corrected chi connectivity index (χ4v) is 9.11. The van der Waals surface area contributed by atoms with Gasteiger partial charge in [0.1, 0.15) is 16.1 Å². The van der Waals surface area contributed by atoms with Crippen LogP contribution in [0.4, 0.5) is 19.0 Å². The van der Waals surface area contributed by atoms with E-state index in [0.717, 1.165) is 43.1 Å². The summed E-state index contributed by atoms with van der Waals surface area (Å²) in [5, 5.41) is 2.90. The number of amides is 1. The fraction of sp³-hybridized carbons (Fsp3) is 0.344. The molecule has 2 fully saturated rings. The topological polar surface area (TPSA) is 98.7 Å². The van der Waals surface area contributed by atoms with Gasteiger partial charge in [0.2, 0.25) is 5.91 Å². The Morgan fingerprint density at radius 2 is 1.68 bits per heavy atom. The minimum absolute atomic E-state index is 0.0826. The summed E-state index contributed by atoms with van der Waals surface area (Å²) in [6.45, 7) is 4.02. The van der Waals surface area contributed by atoms with Crippen molar-refractivity contribution in [1.29, 1.82) is 0 Å². The van der Waals surface area contributed by atoms with Crippen molar-refractivity contribution >= 4 is 44.7 Å². The number of nitrogens with zero attached hydrogens (tertiary/aromatic N) is 5. The van der Waals surface area contributed by atoms with Crippen LogP contribution in [0.2, 0.25) is 4.34 Å². The number of hydrogen-bond donors (Lipinski definition) is 1. The maximum atomic E-state index is 13.4. The number of carbonyl (C=O) groups is 1. The highest BCUT2D eigenvalue weighted by Crippen LogP contribution is 2.33. The number of pyridine rings is 2. The van der Waals surface area contributed by atoms with Gasteiger partial charge in [0, 0.05) is 63.8 Å². The zero-order valence-electron chi connectivity index (χ0n) is 25.2. The van der Waals surface area contributed by atoms with E-state index in [1.165, 1.54) is 34.1 Å². The number of nitrogens with one attached hydrogen (secondary N) is 1. The van der Waals surface area contributed by atoms with Gasteiger partial charge >= 0.3 is 6.18 Å². The number of halogens is 4. The number of benzene rings is 1. The maximum absolute atomic E-state index is 13.4. The van der Waals surface area contributed by atoms with Crippen molar-refractivity contribution in [3.05, 3.63) is 94.1 Å². The van der Waals surface area contributed by atoms with Crippen molar-refractivity contribution in [2.75, 3.05) is 37.6 Å². The normalized spacial score (nSPS) is 18.0. The van der Waals surface area contributed by atoms with E-state index >= 15 is 0 Å². The van der Waals surface area contributed by atoms with E-state index in [1.54, 1.807) is 18.5 Å². The third-order valence-corrected chi connectivity index (χ3v) is 11.9. The Hall–Kier alpha value is -3.56. The van der Waals surface area contributed by atoms with E-state index in [0.29, 0.717) is 52.9 Å². The molecule has 1 N–H and O–H groups in total. The van der Waals surface area contributed by atoms with Gasteiger partial charge in [0.25, 0.3) is 10.0 Å². The van der Waals surface area contributed by atoms with Crippen LogP contribution in [0.25, 0.3) is 11.3 Å². The predicted molar refractivity (Wildman–Crippen MR) is 174 cm³/mol. The van der Waals surface area contributed by atoms with Gasteiger partial charge in [0.15, 0.2) is 0 Å². The number of anilines is 1. The van der Waals surface area contributed by atoms with Crippen molar-refractivity contribution in [1.82, 2.24) is 24.5 Å². The van der Waals surface area contributed by atoms with Crippen molar-refractivity contribution in [2.24, 2.45) is 0 Å². The maximum Gasteiger partial charge on any atom is 0.416 e. The van der Waals surface area contributed by atoms with Gasteiger partial charge < -0.3 is 10.2 Å². The Bertz CT molecular complexity index is 1820. The molecule has 0 radical (unpaired) electrons. The van der Waals surface area contributed by atoms with E-state index in [1.807, 2.05) is 18.2 Å². The molecule has 6 rings (SSSR count). The van der Waals surface area contributed by atoms with Crippen LogP contribution in [0.15, 0.2) is 77.3 Å². The summed E-state index contributed by atoms with van der Waals surface area (Å²) >= 11 is 6.92. The van der Waals surface area contributed by atoms with E-state index in [9.17, 15) is 26.4 Å². The zero-order chi connectivity index (χ0) is 33.2. The molecule has 4 aromatic rings. The molecular weight excluding hydrogens is 673 g/mol. The molecule has 0 spiro atoms. The molecule has 15 heteroatoms. The first-order valence-corrected chi connectivity index (χ1v) is 17.7. The van der Waals surface area contributed by atoms with Gasteiger partial charge in [0.05, 0.1) is 15.6 Å². The second kappa shape index (κ2) is 13.9. The first-order valence-electron chi connectivity index (χ1n) is 15.1. The van der Waals surface area contributed by atoms with E-state index < -0.39 is 33.7 Å². The van der Waals surface area contributed by atoms with Crippen molar-refractivity contribution in [3.63, 3.8) is 0 Å². The Morgan fingerprint density at radius 1 is 0.957 bits per heavy atom. The van der Waals surface area contributed by atoms with Gasteiger partial charge in [-0.2, -0.15) is 17.5 Å². The van der Waals surface area contributed by atoms with Gasteiger partial charge in [-0.05, 0) is 72.5 Å². The standard InChI is InChI=1S/C32H32ClF3N6O3S2/c33-28-7-8-30(46-28)47(44,45)42-13-1-2-27(42)31(43)38-20-23-18-26(24-3-5-25(6-4-24)32(34,35)36)39-29(19-23)41-16-14-40(15-17-41)21-22-9-11-37-12-10-22/h3-12,18-19,27H,1-2,13-17,20-21H2,(H,38,43)/t27-/m0/s1. The van der Waals surface area contributed by atoms with Crippen LogP contribution in [0.1, 0.15) is 29.5 Å². The Labute approximate surface area is 280 Å². The van der Waals surface area contributed by atoms with Crippen LogP contribution < -0.4 is 10.2 Å². The Morgan fingerprint density at radius 3 is 2.34 bits per heavy atom. The molecule has 248 valence electrons. The highest BCUT2D eigenvalue weighted by molar-refractivity contribution is 7.91. The Balaban J connectivity index is 1.20. The van der Waals surface area contributed by atoms with Crippen molar-refractivity contribution in [2.45, 2.75) is 42.4 Å². The first-order chi connectivity index (χ1) is 22.5. The minimum atomic E-state index is -4.46. The largest absolute Gasteiger partial charge is 0.416 e.